The SMILES string of the molecule is Cn1c(NCCc2cc(F)cc(F)c2)nc2ccccc21. The lowest BCUT2D eigenvalue weighted by atomic mass is 10.1. The summed E-state index contributed by atoms with van der Waals surface area (Å²) in [4.78, 5) is 4.48. The predicted octanol–water partition coefficient (Wildman–Crippen LogP) is 3.51. The Morgan fingerprint density at radius 2 is 1.81 bits per heavy atom. The largest absolute Gasteiger partial charge is 0.355 e. The number of nitrogens with zero attached hydrogens (tertiary/aromatic N) is 2. The average Bonchev–Trinajstić information content (AvgIpc) is 2.75. The molecule has 1 N–H and O–H groups in total. The maximum absolute atomic E-state index is 13.1. The highest BCUT2D eigenvalue weighted by atomic mass is 19.1. The summed E-state index contributed by atoms with van der Waals surface area (Å²) in [6.07, 6.45) is 0.526. The number of fused-ring (bicyclic) bond motifs is 1. The summed E-state index contributed by atoms with van der Waals surface area (Å²) in [5.41, 5.74) is 2.58. The second-order valence-corrected chi connectivity index (χ2v) is 4.94. The molecule has 0 atom stereocenters. The van der Waals surface area contributed by atoms with Crippen molar-refractivity contribution in [3.8, 4) is 0 Å². The highest BCUT2D eigenvalue weighted by molar-refractivity contribution is 5.78. The summed E-state index contributed by atoms with van der Waals surface area (Å²) in [5.74, 6) is -0.353. The van der Waals surface area contributed by atoms with Gasteiger partial charge in [0.25, 0.3) is 0 Å². The number of nitrogens with one attached hydrogen (secondary N) is 1. The zero-order chi connectivity index (χ0) is 14.8. The van der Waals surface area contributed by atoms with Gasteiger partial charge in [0.2, 0.25) is 5.95 Å². The van der Waals surface area contributed by atoms with Crippen LogP contribution in [0.4, 0.5) is 14.7 Å². The highest BCUT2D eigenvalue weighted by Crippen LogP contribution is 2.17. The van der Waals surface area contributed by atoms with Gasteiger partial charge in [0, 0.05) is 19.7 Å². The minimum atomic E-state index is -0.548. The zero-order valence-electron chi connectivity index (χ0n) is 11.6. The van der Waals surface area contributed by atoms with Crippen LogP contribution in [-0.2, 0) is 13.5 Å². The molecule has 0 unspecified atom stereocenters. The Bertz CT molecular complexity index is 760. The Morgan fingerprint density at radius 1 is 1.10 bits per heavy atom. The number of aromatic nitrogens is 2. The quantitative estimate of drug-likeness (QED) is 0.796. The molecule has 0 saturated heterocycles. The Balaban J connectivity index is 1.70. The molecule has 5 heteroatoms. The van der Waals surface area contributed by atoms with Crippen molar-refractivity contribution in [2.75, 3.05) is 11.9 Å². The van der Waals surface area contributed by atoms with Gasteiger partial charge in [-0.3, -0.25) is 0 Å². The minimum Gasteiger partial charge on any atom is -0.355 e. The molecule has 3 rings (SSSR count). The average molecular weight is 287 g/mol. The lowest BCUT2D eigenvalue weighted by Gasteiger charge is -2.06. The molecule has 0 aliphatic rings. The number of halogens is 2. The van der Waals surface area contributed by atoms with Gasteiger partial charge in [0.15, 0.2) is 0 Å². The molecule has 1 heterocycles. The van der Waals surface area contributed by atoms with Crippen LogP contribution in [0.25, 0.3) is 11.0 Å². The standard InChI is InChI=1S/C16H15F2N3/c1-21-15-5-3-2-4-14(15)20-16(21)19-7-6-11-8-12(17)10-13(18)9-11/h2-5,8-10H,6-7H2,1H3,(H,19,20). The number of anilines is 1. The van der Waals surface area contributed by atoms with E-state index in [9.17, 15) is 8.78 Å². The maximum Gasteiger partial charge on any atom is 0.203 e. The molecule has 0 aliphatic carbocycles. The molecule has 0 radical (unpaired) electrons. The van der Waals surface area contributed by atoms with E-state index < -0.39 is 11.6 Å². The molecule has 2 aromatic carbocycles. The monoisotopic (exact) mass is 287 g/mol. The minimum absolute atomic E-state index is 0.526. The topological polar surface area (TPSA) is 29.9 Å². The van der Waals surface area contributed by atoms with Crippen molar-refractivity contribution in [2.45, 2.75) is 6.42 Å². The van der Waals surface area contributed by atoms with Gasteiger partial charge in [-0.25, -0.2) is 13.8 Å². The molecular weight excluding hydrogens is 272 g/mol. The van der Waals surface area contributed by atoms with Crippen molar-refractivity contribution < 1.29 is 8.78 Å². The molecule has 1 aromatic heterocycles. The van der Waals surface area contributed by atoms with Crippen LogP contribution in [0.1, 0.15) is 5.56 Å². The van der Waals surface area contributed by atoms with Gasteiger partial charge < -0.3 is 9.88 Å². The van der Waals surface area contributed by atoms with Crippen LogP contribution in [0.5, 0.6) is 0 Å². The van der Waals surface area contributed by atoms with E-state index in [0.29, 0.717) is 18.5 Å². The van der Waals surface area contributed by atoms with Gasteiger partial charge in [-0.05, 0) is 36.2 Å². The second-order valence-electron chi connectivity index (χ2n) is 4.94. The van der Waals surface area contributed by atoms with E-state index in [1.165, 1.54) is 12.1 Å². The first-order valence-corrected chi connectivity index (χ1v) is 6.74. The number of rotatable bonds is 4. The Labute approximate surface area is 121 Å². The maximum atomic E-state index is 13.1. The molecule has 21 heavy (non-hydrogen) atoms. The summed E-state index contributed by atoms with van der Waals surface area (Å²) in [6, 6.07) is 11.4. The first-order valence-electron chi connectivity index (χ1n) is 6.74. The van der Waals surface area contributed by atoms with Crippen LogP contribution in [0.3, 0.4) is 0 Å². The normalized spacial score (nSPS) is 11.0. The Hall–Kier alpha value is -2.43. The van der Waals surface area contributed by atoms with E-state index in [1.54, 1.807) is 0 Å². The number of hydrogen-bond donors (Lipinski definition) is 1. The van der Waals surface area contributed by atoms with Crippen molar-refractivity contribution in [2.24, 2.45) is 7.05 Å². The van der Waals surface area contributed by atoms with Crippen molar-refractivity contribution in [3.63, 3.8) is 0 Å². The third-order valence-electron chi connectivity index (χ3n) is 3.41. The Morgan fingerprint density at radius 3 is 2.52 bits per heavy atom. The van der Waals surface area contributed by atoms with Gasteiger partial charge in [-0.2, -0.15) is 0 Å². The lowest BCUT2D eigenvalue weighted by molar-refractivity contribution is 0.580. The number of imidazole rings is 1. The van der Waals surface area contributed by atoms with E-state index in [1.807, 2.05) is 35.9 Å². The molecule has 0 spiro atoms. The van der Waals surface area contributed by atoms with Gasteiger partial charge >= 0.3 is 0 Å². The second kappa shape index (κ2) is 5.52. The fourth-order valence-electron chi connectivity index (χ4n) is 2.38. The molecule has 3 nitrogen and oxygen atoms in total. The van der Waals surface area contributed by atoms with Crippen LogP contribution in [-0.4, -0.2) is 16.1 Å². The lowest BCUT2D eigenvalue weighted by Crippen LogP contribution is -2.09. The number of hydrogen-bond acceptors (Lipinski definition) is 2. The molecule has 0 saturated carbocycles. The fraction of sp³-hybridized carbons (Fsp3) is 0.188. The van der Waals surface area contributed by atoms with Crippen LogP contribution < -0.4 is 5.32 Å². The van der Waals surface area contributed by atoms with Crippen LogP contribution in [0, 0.1) is 11.6 Å². The molecule has 0 bridgehead atoms. The summed E-state index contributed by atoms with van der Waals surface area (Å²) in [6.45, 7) is 0.556. The van der Waals surface area contributed by atoms with E-state index in [0.717, 1.165) is 23.0 Å². The number of para-hydroxylation sites is 2. The van der Waals surface area contributed by atoms with Crippen LogP contribution in [0.15, 0.2) is 42.5 Å². The molecule has 0 amide bonds. The van der Waals surface area contributed by atoms with Gasteiger partial charge in [-0.1, -0.05) is 12.1 Å². The fourth-order valence-corrected chi connectivity index (χ4v) is 2.38. The summed E-state index contributed by atoms with van der Waals surface area (Å²) in [5, 5.41) is 3.20. The highest BCUT2D eigenvalue weighted by Gasteiger charge is 2.06. The first-order chi connectivity index (χ1) is 10.1. The van der Waals surface area contributed by atoms with E-state index in [4.69, 9.17) is 0 Å². The van der Waals surface area contributed by atoms with Crippen LogP contribution >= 0.6 is 0 Å². The third-order valence-corrected chi connectivity index (χ3v) is 3.41. The van der Waals surface area contributed by atoms with Gasteiger partial charge in [-0.15, -0.1) is 0 Å². The number of benzene rings is 2. The number of aryl methyl sites for hydroxylation is 1. The van der Waals surface area contributed by atoms with Gasteiger partial charge in [0.1, 0.15) is 11.6 Å². The smallest absolute Gasteiger partial charge is 0.203 e. The summed E-state index contributed by atoms with van der Waals surface area (Å²) in [7, 11) is 1.93. The van der Waals surface area contributed by atoms with Crippen LogP contribution in [0.2, 0.25) is 0 Å². The van der Waals surface area contributed by atoms with Crippen molar-refractivity contribution >= 4 is 17.0 Å². The molecule has 0 aliphatic heterocycles. The van der Waals surface area contributed by atoms with Gasteiger partial charge in [0.05, 0.1) is 11.0 Å². The molecule has 108 valence electrons. The molecular formula is C16H15F2N3. The van der Waals surface area contributed by atoms with E-state index in [-0.39, 0.29) is 0 Å². The third kappa shape index (κ3) is 2.86. The van der Waals surface area contributed by atoms with Crippen molar-refractivity contribution in [1.29, 1.82) is 0 Å². The first kappa shape index (κ1) is 13.5. The van der Waals surface area contributed by atoms with E-state index in [2.05, 4.69) is 10.3 Å². The Kier molecular flexibility index (Phi) is 3.56. The molecule has 0 fully saturated rings. The van der Waals surface area contributed by atoms with Crippen molar-refractivity contribution in [1.82, 2.24) is 9.55 Å². The van der Waals surface area contributed by atoms with E-state index >= 15 is 0 Å². The summed E-state index contributed by atoms with van der Waals surface area (Å²) >= 11 is 0. The molecule has 3 aromatic rings. The zero-order valence-corrected chi connectivity index (χ0v) is 11.6. The van der Waals surface area contributed by atoms with Crippen molar-refractivity contribution in [3.05, 3.63) is 59.7 Å². The summed E-state index contributed by atoms with van der Waals surface area (Å²) < 4.78 is 28.2. The predicted molar refractivity (Wildman–Crippen MR) is 79.3 cm³/mol.